The van der Waals surface area contributed by atoms with E-state index in [9.17, 15) is 21.6 Å². The molecule has 0 bridgehead atoms. The molecule has 0 unspecified atom stereocenters. The molecule has 0 aromatic heterocycles. The molecule has 6 rings (SSSR count). The van der Waals surface area contributed by atoms with Crippen molar-refractivity contribution in [2.45, 2.75) is 16.7 Å². The topological polar surface area (TPSA) is 85.3 Å². The number of carbonyl (C=O) groups excluding carboxylic acids is 1. The van der Waals surface area contributed by atoms with E-state index in [-0.39, 0.29) is 20.3 Å². The SMILES string of the molecule is CC1=C(/C=C2/C(=O)c3ccc4ccccc4c3S2(=O)=O)S(=O)(=O)c2c1ccc1ccccc21. The molecule has 0 fully saturated rings. The van der Waals surface area contributed by atoms with E-state index < -0.39 is 30.4 Å². The van der Waals surface area contributed by atoms with Crippen LogP contribution in [0.15, 0.2) is 98.5 Å². The average Bonchev–Trinajstić information content (AvgIpc) is 3.13. The first-order chi connectivity index (χ1) is 15.7. The summed E-state index contributed by atoms with van der Waals surface area (Å²) in [6, 6.07) is 20.8. The van der Waals surface area contributed by atoms with E-state index in [0.29, 0.717) is 27.3 Å². The van der Waals surface area contributed by atoms with E-state index >= 15 is 0 Å². The van der Waals surface area contributed by atoms with Crippen molar-refractivity contribution in [1.29, 1.82) is 0 Å². The second-order valence-corrected chi connectivity index (χ2v) is 11.9. The highest BCUT2D eigenvalue weighted by atomic mass is 32.2. The smallest absolute Gasteiger partial charge is 0.211 e. The Labute approximate surface area is 190 Å². The van der Waals surface area contributed by atoms with Gasteiger partial charge in [-0.3, -0.25) is 4.79 Å². The fraction of sp³-hybridized carbons (Fsp3) is 0.0385. The molecule has 162 valence electrons. The predicted molar refractivity (Wildman–Crippen MR) is 127 cm³/mol. The Balaban J connectivity index is 1.61. The van der Waals surface area contributed by atoms with Crippen LogP contribution in [0.1, 0.15) is 22.8 Å². The summed E-state index contributed by atoms with van der Waals surface area (Å²) in [5.74, 6) is -0.688. The molecule has 33 heavy (non-hydrogen) atoms. The molecule has 4 aromatic rings. The van der Waals surface area contributed by atoms with Crippen molar-refractivity contribution >= 4 is 52.6 Å². The van der Waals surface area contributed by atoms with Crippen LogP contribution in [-0.2, 0) is 19.7 Å². The lowest BCUT2D eigenvalue weighted by molar-refractivity contribution is 0.104. The molecule has 2 aliphatic rings. The third kappa shape index (κ3) is 2.54. The molecule has 0 saturated carbocycles. The number of allylic oxidation sites excluding steroid dienone is 3. The second kappa shape index (κ2) is 6.50. The molecule has 2 aliphatic heterocycles. The fourth-order valence-corrected chi connectivity index (χ4v) is 8.64. The molecule has 0 radical (unpaired) electrons. The van der Waals surface area contributed by atoms with Crippen LogP contribution in [0.3, 0.4) is 0 Å². The van der Waals surface area contributed by atoms with E-state index in [0.717, 1.165) is 11.5 Å². The molecule has 2 heterocycles. The summed E-state index contributed by atoms with van der Waals surface area (Å²) in [7, 11) is -8.23. The van der Waals surface area contributed by atoms with Gasteiger partial charge in [0.15, 0.2) is 0 Å². The number of benzene rings is 4. The highest BCUT2D eigenvalue weighted by Crippen LogP contribution is 2.46. The lowest BCUT2D eigenvalue weighted by atomic mass is 10.0. The van der Waals surface area contributed by atoms with Crippen LogP contribution in [-0.4, -0.2) is 22.6 Å². The highest BCUT2D eigenvalue weighted by Gasteiger charge is 2.43. The summed E-state index contributed by atoms with van der Waals surface area (Å²) in [6.45, 7) is 1.64. The van der Waals surface area contributed by atoms with Gasteiger partial charge in [-0.25, -0.2) is 16.8 Å². The van der Waals surface area contributed by atoms with Gasteiger partial charge in [0.25, 0.3) is 0 Å². The van der Waals surface area contributed by atoms with Gasteiger partial charge in [0.05, 0.1) is 14.7 Å². The molecule has 7 heteroatoms. The number of Topliss-reactive ketones (excluding diaryl/α,β-unsaturated/α-hetero) is 1. The molecule has 0 spiro atoms. The highest BCUT2D eigenvalue weighted by molar-refractivity contribution is 7.98. The zero-order chi connectivity index (χ0) is 23.1. The standard InChI is InChI=1S/C26H16O5S2/c1-15-18-12-10-16-6-2-4-8-19(16)25(18)32(28,29)22(15)14-23-24(27)21-13-11-17-7-3-5-9-20(17)26(21)33(23,30)31/h2-14H,1H3/b23-14-. The third-order valence-electron chi connectivity index (χ3n) is 6.38. The summed E-state index contributed by atoms with van der Waals surface area (Å²) in [6.07, 6.45) is 1.05. The number of sulfone groups is 2. The summed E-state index contributed by atoms with van der Waals surface area (Å²) >= 11 is 0. The molecule has 4 aromatic carbocycles. The van der Waals surface area contributed by atoms with E-state index in [2.05, 4.69) is 0 Å². The van der Waals surface area contributed by atoms with Crippen molar-refractivity contribution < 1.29 is 21.6 Å². The molecule has 0 aliphatic carbocycles. The molecular weight excluding hydrogens is 456 g/mol. The number of rotatable bonds is 1. The van der Waals surface area contributed by atoms with E-state index in [1.165, 1.54) is 6.07 Å². The monoisotopic (exact) mass is 472 g/mol. The molecular formula is C26H16O5S2. The number of ketones is 1. The van der Waals surface area contributed by atoms with Gasteiger partial charge in [0.1, 0.15) is 4.91 Å². The van der Waals surface area contributed by atoms with E-state index in [1.54, 1.807) is 55.5 Å². The minimum Gasteiger partial charge on any atom is -0.288 e. The molecule has 5 nitrogen and oxygen atoms in total. The Morgan fingerprint density at radius 1 is 0.636 bits per heavy atom. The average molecular weight is 473 g/mol. The van der Waals surface area contributed by atoms with Crippen LogP contribution in [0.25, 0.3) is 27.1 Å². The van der Waals surface area contributed by atoms with Crippen LogP contribution in [0.5, 0.6) is 0 Å². The quantitative estimate of drug-likeness (QED) is 0.361. The first kappa shape index (κ1) is 20.1. The van der Waals surface area contributed by atoms with Gasteiger partial charge in [-0.05, 0) is 41.0 Å². The molecule has 0 atom stereocenters. The Kier molecular flexibility index (Phi) is 3.95. The van der Waals surface area contributed by atoms with Crippen LogP contribution >= 0.6 is 0 Å². The summed E-state index contributed by atoms with van der Waals surface area (Å²) in [5.41, 5.74) is 1.01. The maximum Gasteiger partial charge on any atom is 0.211 e. The first-order valence-corrected chi connectivity index (χ1v) is 13.2. The third-order valence-corrected chi connectivity index (χ3v) is 10.2. The Morgan fingerprint density at radius 3 is 1.76 bits per heavy atom. The second-order valence-electron chi connectivity index (χ2n) is 8.16. The number of fused-ring (bicyclic) bond motifs is 6. The van der Waals surface area contributed by atoms with Crippen molar-refractivity contribution in [3.63, 3.8) is 0 Å². The molecule has 0 saturated heterocycles. The van der Waals surface area contributed by atoms with Crippen molar-refractivity contribution in [3.8, 4) is 0 Å². The van der Waals surface area contributed by atoms with E-state index in [1.807, 2.05) is 18.2 Å². The van der Waals surface area contributed by atoms with Crippen molar-refractivity contribution in [3.05, 3.63) is 99.8 Å². The summed E-state index contributed by atoms with van der Waals surface area (Å²) in [5, 5.41) is 2.47. The van der Waals surface area contributed by atoms with Gasteiger partial charge in [0, 0.05) is 16.3 Å². The fourth-order valence-electron chi connectivity index (χ4n) is 4.80. The van der Waals surface area contributed by atoms with Gasteiger partial charge in [-0.1, -0.05) is 66.7 Å². The lowest BCUT2D eigenvalue weighted by Gasteiger charge is -2.06. The van der Waals surface area contributed by atoms with Gasteiger partial charge in [-0.2, -0.15) is 0 Å². The van der Waals surface area contributed by atoms with Gasteiger partial charge >= 0.3 is 0 Å². The zero-order valence-corrected chi connectivity index (χ0v) is 19.0. The first-order valence-electron chi connectivity index (χ1n) is 10.2. The minimum absolute atomic E-state index is 0.0616. The summed E-state index contributed by atoms with van der Waals surface area (Å²) in [4.78, 5) is 12.6. The van der Waals surface area contributed by atoms with Gasteiger partial charge in [-0.15, -0.1) is 0 Å². The van der Waals surface area contributed by atoms with Crippen LogP contribution in [0, 0.1) is 0 Å². The Morgan fingerprint density at radius 2 is 1.15 bits per heavy atom. The largest absolute Gasteiger partial charge is 0.288 e. The van der Waals surface area contributed by atoms with Gasteiger partial charge < -0.3 is 0 Å². The molecule has 0 amide bonds. The maximum atomic E-state index is 13.6. The van der Waals surface area contributed by atoms with Crippen LogP contribution in [0.2, 0.25) is 0 Å². The normalized spacial score (nSPS) is 19.4. The van der Waals surface area contributed by atoms with Crippen LogP contribution in [0.4, 0.5) is 0 Å². The van der Waals surface area contributed by atoms with Crippen molar-refractivity contribution in [1.82, 2.24) is 0 Å². The van der Waals surface area contributed by atoms with Crippen LogP contribution < -0.4 is 0 Å². The predicted octanol–water partition coefficient (Wildman–Crippen LogP) is 5.07. The van der Waals surface area contributed by atoms with Crippen molar-refractivity contribution in [2.75, 3.05) is 0 Å². The van der Waals surface area contributed by atoms with Crippen molar-refractivity contribution in [2.24, 2.45) is 0 Å². The van der Waals surface area contributed by atoms with E-state index in [4.69, 9.17) is 0 Å². The molecule has 0 N–H and O–H groups in total. The number of hydrogen-bond donors (Lipinski definition) is 0. The minimum atomic E-state index is -4.20. The lowest BCUT2D eigenvalue weighted by Crippen LogP contribution is -2.06. The Bertz CT molecular complexity index is 1860. The summed E-state index contributed by atoms with van der Waals surface area (Å²) < 4.78 is 54.2. The maximum absolute atomic E-state index is 13.6. The van der Waals surface area contributed by atoms with Gasteiger partial charge in [0.2, 0.25) is 25.5 Å². The zero-order valence-electron chi connectivity index (χ0n) is 17.4. The number of carbonyl (C=O) groups is 1. The Hall–Kier alpha value is -3.55. The number of hydrogen-bond acceptors (Lipinski definition) is 5.